The van der Waals surface area contributed by atoms with Crippen LogP contribution in [0.4, 0.5) is 9.18 Å². The first kappa shape index (κ1) is 24.3. The van der Waals surface area contributed by atoms with Crippen LogP contribution in [-0.4, -0.2) is 76.0 Å². The molecule has 1 N–H and O–H groups in total. The number of guanidine groups is 1. The normalized spacial score (nSPS) is 18.0. The zero-order chi connectivity index (χ0) is 22.0. The van der Waals surface area contributed by atoms with Gasteiger partial charge in [0.2, 0.25) is 0 Å². The minimum Gasteiger partial charge on any atom is -0.444 e. The second kappa shape index (κ2) is 10.1. The minimum absolute atomic E-state index is 0. The number of aromatic nitrogens is 2. The number of rotatable bonds is 4. The lowest BCUT2D eigenvalue weighted by Gasteiger charge is -2.39. The first-order chi connectivity index (χ1) is 14.8. The number of carbonyl (C=O) groups is 1. The summed E-state index contributed by atoms with van der Waals surface area (Å²) in [6.07, 6.45) is 2.36. The lowest BCUT2D eigenvalue weighted by molar-refractivity contribution is 0.0137. The first-order valence-corrected chi connectivity index (χ1v) is 10.6. The van der Waals surface area contributed by atoms with E-state index in [-0.39, 0.29) is 41.9 Å². The van der Waals surface area contributed by atoms with E-state index >= 15 is 0 Å². The van der Waals surface area contributed by atoms with Crippen LogP contribution in [0.2, 0.25) is 0 Å². The highest BCUT2D eigenvalue weighted by Crippen LogP contribution is 2.18. The number of carbonyl (C=O) groups excluding carboxylic acids is 1. The molecule has 174 valence electrons. The highest BCUT2D eigenvalue weighted by Gasteiger charge is 2.36. The molecular formula is C22H30FIN6O2. The van der Waals surface area contributed by atoms with Gasteiger partial charge in [0.05, 0.1) is 24.0 Å². The summed E-state index contributed by atoms with van der Waals surface area (Å²) in [4.78, 5) is 21.0. The SMILES string of the molecule is CC(C)(C)OC(=O)N1CCN2C(NCCc3ccn(-c4ccc(F)cc4)n3)=NCC2C1.I. The fraction of sp³-hybridized carbons (Fsp3) is 0.500. The quantitative estimate of drug-likeness (QED) is 0.587. The van der Waals surface area contributed by atoms with Gasteiger partial charge in [0.15, 0.2) is 5.96 Å². The largest absolute Gasteiger partial charge is 0.444 e. The maximum absolute atomic E-state index is 13.1. The van der Waals surface area contributed by atoms with Crippen LogP contribution >= 0.6 is 24.0 Å². The van der Waals surface area contributed by atoms with Crippen LogP contribution in [0.3, 0.4) is 0 Å². The molecule has 2 aliphatic rings. The number of nitrogens with one attached hydrogen (secondary N) is 1. The molecule has 8 nitrogen and oxygen atoms in total. The van der Waals surface area contributed by atoms with Crippen molar-refractivity contribution in [3.05, 3.63) is 48.0 Å². The van der Waals surface area contributed by atoms with E-state index in [1.807, 2.05) is 33.0 Å². The average Bonchev–Trinajstić information content (AvgIpc) is 3.34. The Morgan fingerprint density at radius 1 is 1.22 bits per heavy atom. The van der Waals surface area contributed by atoms with Crippen molar-refractivity contribution in [2.75, 3.05) is 32.7 Å². The zero-order valence-corrected chi connectivity index (χ0v) is 21.0. The Bertz CT molecular complexity index is 956. The Balaban J connectivity index is 0.00000289. The van der Waals surface area contributed by atoms with E-state index in [1.165, 1.54) is 12.1 Å². The molecular weight excluding hydrogens is 526 g/mol. The molecule has 1 saturated heterocycles. The van der Waals surface area contributed by atoms with Crippen molar-refractivity contribution in [1.29, 1.82) is 0 Å². The zero-order valence-electron chi connectivity index (χ0n) is 18.6. The van der Waals surface area contributed by atoms with E-state index in [2.05, 4.69) is 20.3 Å². The molecule has 10 heteroatoms. The number of fused-ring (bicyclic) bond motifs is 1. The number of hydrogen-bond acceptors (Lipinski definition) is 6. The molecule has 1 aromatic carbocycles. The maximum Gasteiger partial charge on any atom is 0.410 e. The second-order valence-electron chi connectivity index (χ2n) is 8.84. The number of amides is 1. The van der Waals surface area contributed by atoms with Gasteiger partial charge in [-0.25, -0.2) is 13.9 Å². The number of benzene rings is 1. The van der Waals surface area contributed by atoms with Gasteiger partial charge in [-0.2, -0.15) is 5.10 Å². The van der Waals surface area contributed by atoms with Gasteiger partial charge in [0.25, 0.3) is 0 Å². The molecule has 0 aliphatic carbocycles. The van der Waals surface area contributed by atoms with Crippen molar-refractivity contribution in [3.8, 4) is 5.69 Å². The lowest BCUT2D eigenvalue weighted by Crippen LogP contribution is -2.57. The topological polar surface area (TPSA) is 75.0 Å². The maximum atomic E-state index is 13.1. The van der Waals surface area contributed by atoms with E-state index < -0.39 is 5.60 Å². The molecule has 1 atom stereocenters. The fourth-order valence-electron chi connectivity index (χ4n) is 3.76. The highest BCUT2D eigenvalue weighted by molar-refractivity contribution is 14.0. The highest BCUT2D eigenvalue weighted by atomic mass is 127. The number of ether oxygens (including phenoxy) is 1. The smallest absolute Gasteiger partial charge is 0.410 e. The van der Waals surface area contributed by atoms with Crippen LogP contribution in [0, 0.1) is 5.82 Å². The van der Waals surface area contributed by atoms with Crippen molar-refractivity contribution in [1.82, 2.24) is 24.9 Å². The molecule has 1 fully saturated rings. The van der Waals surface area contributed by atoms with E-state index in [0.717, 1.165) is 30.3 Å². The number of halogens is 2. The molecule has 1 unspecified atom stereocenters. The molecule has 0 spiro atoms. The summed E-state index contributed by atoms with van der Waals surface area (Å²) >= 11 is 0. The summed E-state index contributed by atoms with van der Waals surface area (Å²) in [5.74, 6) is 0.620. The van der Waals surface area contributed by atoms with Gasteiger partial charge in [0.1, 0.15) is 11.4 Å². The summed E-state index contributed by atoms with van der Waals surface area (Å²) in [5, 5.41) is 7.97. The van der Waals surface area contributed by atoms with Crippen molar-refractivity contribution in [2.24, 2.45) is 4.99 Å². The Kier molecular flexibility index (Phi) is 7.63. The molecule has 0 saturated carbocycles. The summed E-state index contributed by atoms with van der Waals surface area (Å²) in [5.41, 5.74) is 1.28. The van der Waals surface area contributed by atoms with Crippen LogP contribution in [-0.2, 0) is 11.2 Å². The molecule has 0 bridgehead atoms. The van der Waals surface area contributed by atoms with E-state index in [0.29, 0.717) is 26.2 Å². The van der Waals surface area contributed by atoms with Crippen LogP contribution in [0.1, 0.15) is 26.5 Å². The summed E-state index contributed by atoms with van der Waals surface area (Å²) in [7, 11) is 0. The van der Waals surface area contributed by atoms with Gasteiger partial charge in [-0.1, -0.05) is 0 Å². The van der Waals surface area contributed by atoms with Crippen molar-refractivity contribution < 1.29 is 13.9 Å². The Morgan fingerprint density at radius 2 is 1.97 bits per heavy atom. The number of hydrogen-bond donors (Lipinski definition) is 1. The van der Waals surface area contributed by atoms with Crippen molar-refractivity contribution in [2.45, 2.75) is 38.8 Å². The third-order valence-corrected chi connectivity index (χ3v) is 5.26. The Morgan fingerprint density at radius 3 is 2.69 bits per heavy atom. The monoisotopic (exact) mass is 556 g/mol. The summed E-state index contributed by atoms with van der Waals surface area (Å²) < 4.78 is 20.3. The third kappa shape index (κ3) is 5.90. The Hall–Kier alpha value is -2.37. The Labute approximate surface area is 204 Å². The van der Waals surface area contributed by atoms with Gasteiger partial charge in [-0.05, 0) is 51.1 Å². The van der Waals surface area contributed by atoms with Crippen molar-refractivity contribution >= 4 is 36.0 Å². The average molecular weight is 556 g/mol. The minimum atomic E-state index is -0.489. The van der Waals surface area contributed by atoms with Gasteiger partial charge in [-0.3, -0.25) is 4.99 Å². The predicted octanol–water partition coefficient (Wildman–Crippen LogP) is 3.05. The van der Waals surface area contributed by atoms with Crippen LogP contribution in [0.15, 0.2) is 41.5 Å². The third-order valence-electron chi connectivity index (χ3n) is 5.26. The van der Waals surface area contributed by atoms with Crippen LogP contribution in [0.5, 0.6) is 0 Å². The molecule has 1 amide bonds. The number of piperazine rings is 1. The standard InChI is InChI=1S/C22H29FN6O2.HI/c1-22(2,3)31-21(30)27-12-13-28-19(15-27)14-25-20(28)24-10-8-17-9-11-29(26-17)18-6-4-16(23)5-7-18;/h4-7,9,11,19H,8,10,12-15H2,1-3H3,(H,24,25);1H. The van der Waals surface area contributed by atoms with Gasteiger partial charge in [0, 0.05) is 38.8 Å². The molecule has 0 radical (unpaired) electrons. The van der Waals surface area contributed by atoms with Gasteiger partial charge < -0.3 is 19.9 Å². The molecule has 4 rings (SSSR count). The van der Waals surface area contributed by atoms with E-state index in [9.17, 15) is 9.18 Å². The predicted molar refractivity (Wildman–Crippen MR) is 131 cm³/mol. The first-order valence-electron chi connectivity index (χ1n) is 10.6. The van der Waals surface area contributed by atoms with E-state index in [4.69, 9.17) is 4.74 Å². The molecule has 2 aliphatic heterocycles. The molecule has 32 heavy (non-hydrogen) atoms. The van der Waals surface area contributed by atoms with Crippen molar-refractivity contribution in [3.63, 3.8) is 0 Å². The molecule has 1 aromatic heterocycles. The second-order valence-corrected chi connectivity index (χ2v) is 8.84. The number of nitrogens with zero attached hydrogens (tertiary/aromatic N) is 5. The van der Waals surface area contributed by atoms with Gasteiger partial charge in [-0.15, -0.1) is 24.0 Å². The lowest BCUT2D eigenvalue weighted by atomic mass is 10.2. The molecule has 3 heterocycles. The van der Waals surface area contributed by atoms with Crippen LogP contribution < -0.4 is 5.32 Å². The van der Waals surface area contributed by atoms with Gasteiger partial charge >= 0.3 is 6.09 Å². The van der Waals surface area contributed by atoms with Crippen LogP contribution in [0.25, 0.3) is 5.69 Å². The summed E-state index contributed by atoms with van der Waals surface area (Å²) in [6.45, 7) is 8.98. The summed E-state index contributed by atoms with van der Waals surface area (Å²) in [6, 6.07) is 8.40. The van der Waals surface area contributed by atoms with E-state index in [1.54, 1.807) is 21.7 Å². The number of aliphatic imine (C=N–C) groups is 1. The molecule has 2 aromatic rings. The fourth-order valence-corrected chi connectivity index (χ4v) is 3.76.